The lowest BCUT2D eigenvalue weighted by Gasteiger charge is -2.32. The molecule has 1 amide bonds. The third kappa shape index (κ3) is 5.51. The number of aryl methyl sites for hydroxylation is 1. The molecular formula is C30H35N3O2. The predicted octanol–water partition coefficient (Wildman–Crippen LogP) is 5.55. The van der Waals surface area contributed by atoms with Crippen molar-refractivity contribution in [3.63, 3.8) is 0 Å². The van der Waals surface area contributed by atoms with E-state index in [4.69, 9.17) is 4.42 Å². The van der Waals surface area contributed by atoms with Crippen molar-refractivity contribution in [3.05, 3.63) is 95.6 Å². The summed E-state index contributed by atoms with van der Waals surface area (Å²) in [6, 6.07) is 23.6. The molecule has 1 N–H and O–H groups in total. The van der Waals surface area contributed by atoms with Crippen LogP contribution in [0.3, 0.4) is 0 Å². The quantitative estimate of drug-likeness (QED) is 0.368. The highest BCUT2D eigenvalue weighted by molar-refractivity contribution is 5.81. The summed E-state index contributed by atoms with van der Waals surface area (Å²) >= 11 is 0. The van der Waals surface area contributed by atoms with Crippen LogP contribution in [0.15, 0.2) is 77.4 Å². The Balaban J connectivity index is 1.22. The van der Waals surface area contributed by atoms with Crippen molar-refractivity contribution in [2.24, 2.45) is 5.92 Å². The number of amides is 1. The molecule has 3 heterocycles. The molecule has 4 aromatic rings. The molecule has 5 nitrogen and oxygen atoms in total. The lowest BCUT2D eigenvalue weighted by atomic mass is 9.95. The standard InChI is InChI=1S/C30H35N3O2/c1-22-8-3-4-10-26(22)20-33-27(19-25-9-5-6-12-29(25)33)21-32-15-13-24(14-16-32)30(34)31-23(2)18-28-11-7-17-35-28/h3-12,17,19,23-24H,13-16,18,20-21H2,1-2H3,(H,31,34)/t23-/m0/s1. The summed E-state index contributed by atoms with van der Waals surface area (Å²) in [6.45, 7) is 7.90. The van der Waals surface area contributed by atoms with Gasteiger partial charge in [0, 0.05) is 42.7 Å². The van der Waals surface area contributed by atoms with Crippen LogP contribution >= 0.6 is 0 Å². The highest BCUT2D eigenvalue weighted by atomic mass is 16.3. The van der Waals surface area contributed by atoms with Crippen LogP contribution in [-0.2, 0) is 24.3 Å². The third-order valence-corrected chi connectivity index (χ3v) is 7.31. The number of carbonyl (C=O) groups is 1. The minimum absolute atomic E-state index is 0.0730. The van der Waals surface area contributed by atoms with Gasteiger partial charge < -0.3 is 14.3 Å². The van der Waals surface area contributed by atoms with Gasteiger partial charge in [-0.2, -0.15) is 0 Å². The molecule has 0 spiro atoms. The second kappa shape index (κ2) is 10.5. The Morgan fingerprint density at radius 1 is 1.03 bits per heavy atom. The van der Waals surface area contributed by atoms with Gasteiger partial charge in [-0.25, -0.2) is 0 Å². The van der Waals surface area contributed by atoms with Gasteiger partial charge in [0.1, 0.15) is 5.76 Å². The molecular weight excluding hydrogens is 434 g/mol. The van der Waals surface area contributed by atoms with Crippen LogP contribution in [0.5, 0.6) is 0 Å². The second-order valence-electron chi connectivity index (χ2n) is 9.95. The molecule has 1 aliphatic rings. The van der Waals surface area contributed by atoms with Crippen LogP contribution in [0.2, 0.25) is 0 Å². The van der Waals surface area contributed by atoms with Gasteiger partial charge in [-0.1, -0.05) is 42.5 Å². The lowest BCUT2D eigenvalue weighted by molar-refractivity contribution is -0.127. The van der Waals surface area contributed by atoms with E-state index in [-0.39, 0.29) is 17.9 Å². The number of rotatable bonds is 8. The zero-order chi connectivity index (χ0) is 24.2. The Morgan fingerprint density at radius 3 is 2.57 bits per heavy atom. The topological polar surface area (TPSA) is 50.4 Å². The minimum Gasteiger partial charge on any atom is -0.469 e. The number of nitrogens with one attached hydrogen (secondary N) is 1. The van der Waals surface area contributed by atoms with E-state index >= 15 is 0 Å². The smallest absolute Gasteiger partial charge is 0.223 e. The SMILES string of the molecule is Cc1ccccc1Cn1c(CN2CCC(C(=O)N[C@@H](C)Cc3ccco3)CC2)cc2ccccc21. The van der Waals surface area contributed by atoms with E-state index in [0.717, 1.165) is 51.2 Å². The van der Waals surface area contributed by atoms with Crippen LogP contribution in [-0.4, -0.2) is 34.5 Å². The van der Waals surface area contributed by atoms with Crippen LogP contribution in [0.1, 0.15) is 42.3 Å². The molecule has 35 heavy (non-hydrogen) atoms. The molecule has 5 heteroatoms. The maximum absolute atomic E-state index is 12.8. The molecule has 0 radical (unpaired) electrons. The Kier molecular flexibility index (Phi) is 7.05. The predicted molar refractivity (Wildman–Crippen MR) is 140 cm³/mol. The fraction of sp³-hybridized carbons (Fsp3) is 0.367. The summed E-state index contributed by atoms with van der Waals surface area (Å²) in [5.74, 6) is 1.18. The highest BCUT2D eigenvalue weighted by Gasteiger charge is 2.26. The lowest BCUT2D eigenvalue weighted by Crippen LogP contribution is -2.43. The summed E-state index contributed by atoms with van der Waals surface area (Å²) in [7, 11) is 0. The molecule has 5 rings (SSSR count). The monoisotopic (exact) mass is 469 g/mol. The van der Waals surface area contributed by atoms with Crippen molar-refractivity contribution in [2.75, 3.05) is 13.1 Å². The van der Waals surface area contributed by atoms with E-state index < -0.39 is 0 Å². The summed E-state index contributed by atoms with van der Waals surface area (Å²) in [5.41, 5.74) is 5.30. The van der Waals surface area contributed by atoms with Crippen molar-refractivity contribution in [2.45, 2.75) is 52.2 Å². The van der Waals surface area contributed by atoms with Gasteiger partial charge in [-0.05, 0) is 80.6 Å². The second-order valence-corrected chi connectivity index (χ2v) is 9.95. The van der Waals surface area contributed by atoms with Crippen molar-refractivity contribution in [1.82, 2.24) is 14.8 Å². The van der Waals surface area contributed by atoms with Crippen LogP contribution in [0.25, 0.3) is 10.9 Å². The third-order valence-electron chi connectivity index (χ3n) is 7.31. The molecule has 0 aliphatic carbocycles. The van der Waals surface area contributed by atoms with Gasteiger partial charge >= 0.3 is 0 Å². The average Bonchev–Trinajstić information content (AvgIpc) is 3.49. The molecule has 2 aromatic heterocycles. The molecule has 0 bridgehead atoms. The van der Waals surface area contributed by atoms with Gasteiger partial charge in [-0.15, -0.1) is 0 Å². The number of nitrogens with zero attached hydrogens (tertiary/aromatic N) is 2. The van der Waals surface area contributed by atoms with E-state index in [1.54, 1.807) is 6.26 Å². The van der Waals surface area contributed by atoms with Crippen LogP contribution in [0.4, 0.5) is 0 Å². The molecule has 1 fully saturated rings. The number of likely N-dealkylation sites (tertiary alicyclic amines) is 1. The van der Waals surface area contributed by atoms with E-state index in [2.05, 4.69) is 76.3 Å². The van der Waals surface area contributed by atoms with E-state index in [1.807, 2.05) is 19.1 Å². The Hall–Kier alpha value is -3.31. The first-order valence-electron chi connectivity index (χ1n) is 12.7. The molecule has 0 unspecified atom stereocenters. The first-order chi connectivity index (χ1) is 17.1. The molecule has 1 aliphatic heterocycles. The Bertz CT molecular complexity index is 1270. The number of piperidine rings is 1. The fourth-order valence-electron chi connectivity index (χ4n) is 5.27. The van der Waals surface area contributed by atoms with Crippen molar-refractivity contribution in [1.29, 1.82) is 0 Å². The Labute approximate surface area is 207 Å². The van der Waals surface area contributed by atoms with Gasteiger partial charge in [0.05, 0.1) is 6.26 Å². The van der Waals surface area contributed by atoms with Crippen LogP contribution in [0, 0.1) is 12.8 Å². The van der Waals surface area contributed by atoms with Crippen molar-refractivity contribution in [3.8, 4) is 0 Å². The largest absolute Gasteiger partial charge is 0.469 e. The summed E-state index contributed by atoms with van der Waals surface area (Å²) in [5, 5.41) is 4.48. The number of hydrogen-bond donors (Lipinski definition) is 1. The molecule has 0 saturated carbocycles. The maximum atomic E-state index is 12.8. The van der Waals surface area contributed by atoms with Gasteiger partial charge in [0.15, 0.2) is 0 Å². The average molecular weight is 470 g/mol. The van der Waals surface area contributed by atoms with Crippen LogP contribution < -0.4 is 5.32 Å². The number of fused-ring (bicyclic) bond motifs is 1. The zero-order valence-electron chi connectivity index (χ0n) is 20.7. The summed E-state index contributed by atoms with van der Waals surface area (Å²) in [4.78, 5) is 15.3. The van der Waals surface area contributed by atoms with Crippen molar-refractivity contribution >= 4 is 16.8 Å². The zero-order valence-corrected chi connectivity index (χ0v) is 20.7. The van der Waals surface area contributed by atoms with E-state index in [0.29, 0.717) is 0 Å². The number of para-hydroxylation sites is 1. The normalized spacial score (nSPS) is 15.9. The fourth-order valence-corrected chi connectivity index (χ4v) is 5.27. The minimum atomic E-state index is 0.0730. The highest BCUT2D eigenvalue weighted by Crippen LogP contribution is 2.25. The van der Waals surface area contributed by atoms with Gasteiger partial charge in [0.2, 0.25) is 5.91 Å². The van der Waals surface area contributed by atoms with Gasteiger partial charge in [-0.3, -0.25) is 9.69 Å². The number of carbonyl (C=O) groups excluding carboxylic acids is 1. The number of hydrogen-bond acceptors (Lipinski definition) is 3. The maximum Gasteiger partial charge on any atom is 0.223 e. The van der Waals surface area contributed by atoms with E-state index in [1.165, 1.54) is 27.7 Å². The number of furan rings is 1. The van der Waals surface area contributed by atoms with Gasteiger partial charge in [0.25, 0.3) is 0 Å². The van der Waals surface area contributed by atoms with Crippen molar-refractivity contribution < 1.29 is 9.21 Å². The summed E-state index contributed by atoms with van der Waals surface area (Å²) in [6.07, 6.45) is 4.21. The molecule has 2 aromatic carbocycles. The summed E-state index contributed by atoms with van der Waals surface area (Å²) < 4.78 is 7.88. The first-order valence-corrected chi connectivity index (χ1v) is 12.7. The molecule has 1 saturated heterocycles. The first kappa shape index (κ1) is 23.4. The Morgan fingerprint density at radius 2 is 1.80 bits per heavy atom. The number of benzene rings is 2. The molecule has 182 valence electrons. The molecule has 1 atom stereocenters. The number of aromatic nitrogens is 1. The van der Waals surface area contributed by atoms with E-state index in [9.17, 15) is 4.79 Å².